The van der Waals surface area contributed by atoms with Crippen molar-refractivity contribution in [1.29, 1.82) is 0 Å². The number of H-pyrrole nitrogens is 1. The highest BCUT2D eigenvalue weighted by Crippen LogP contribution is 2.26. The van der Waals surface area contributed by atoms with Crippen LogP contribution in [0.5, 0.6) is 0 Å². The fourth-order valence-corrected chi connectivity index (χ4v) is 2.49. The Balaban J connectivity index is 1.89. The van der Waals surface area contributed by atoms with Crippen LogP contribution >= 0.6 is 0 Å². The highest BCUT2D eigenvalue weighted by Gasteiger charge is 2.32. The Kier molecular flexibility index (Phi) is 3.42. The molecule has 3 heterocycles. The largest absolute Gasteiger partial charge is 0.468 e. The van der Waals surface area contributed by atoms with Crippen LogP contribution in [0.2, 0.25) is 0 Å². The van der Waals surface area contributed by atoms with E-state index in [1.165, 1.54) is 7.11 Å². The number of rotatable bonds is 3. The molecule has 20 heavy (non-hydrogen) atoms. The van der Waals surface area contributed by atoms with Crippen LogP contribution in [0.3, 0.4) is 0 Å². The maximum absolute atomic E-state index is 12.1. The average molecular weight is 273 g/mol. The molecule has 0 aromatic carbocycles. The maximum Gasteiger partial charge on any atom is 0.327 e. The number of nitrogens with one attached hydrogen (secondary N) is 1. The van der Waals surface area contributed by atoms with Gasteiger partial charge in [0.15, 0.2) is 0 Å². The van der Waals surface area contributed by atoms with E-state index in [0.717, 1.165) is 29.9 Å². The van der Waals surface area contributed by atoms with Crippen molar-refractivity contribution in [2.24, 2.45) is 0 Å². The van der Waals surface area contributed by atoms with E-state index in [1.807, 2.05) is 17.0 Å². The molecule has 0 bridgehead atoms. The first-order valence-corrected chi connectivity index (χ1v) is 6.40. The number of aromatic nitrogens is 4. The van der Waals surface area contributed by atoms with E-state index >= 15 is 0 Å². The molecular weight excluding hydrogens is 258 g/mol. The van der Waals surface area contributed by atoms with E-state index in [0.29, 0.717) is 6.54 Å². The number of methoxy groups -OCH3 is 1. The molecule has 1 unspecified atom stereocenters. The van der Waals surface area contributed by atoms with E-state index < -0.39 is 6.04 Å². The summed E-state index contributed by atoms with van der Waals surface area (Å²) in [5.41, 5.74) is 2.68. The van der Waals surface area contributed by atoms with Crippen molar-refractivity contribution in [2.75, 3.05) is 13.7 Å². The summed E-state index contributed by atoms with van der Waals surface area (Å²) >= 11 is 0. The maximum atomic E-state index is 12.1. The van der Waals surface area contributed by atoms with Crippen LogP contribution in [0.15, 0.2) is 24.5 Å². The predicted molar refractivity (Wildman–Crippen MR) is 69.5 cm³/mol. The Morgan fingerprint density at radius 1 is 1.45 bits per heavy atom. The summed E-state index contributed by atoms with van der Waals surface area (Å²) in [7, 11) is 1.40. The number of carbonyl (C=O) groups is 1. The van der Waals surface area contributed by atoms with E-state index in [1.54, 1.807) is 12.4 Å². The van der Waals surface area contributed by atoms with Gasteiger partial charge >= 0.3 is 5.97 Å². The Bertz CT molecular complexity index is 598. The zero-order chi connectivity index (χ0) is 13.9. The van der Waals surface area contributed by atoms with E-state index in [4.69, 9.17) is 4.74 Å². The molecule has 1 N–H and O–H groups in total. The summed E-state index contributed by atoms with van der Waals surface area (Å²) in [6.45, 7) is 1.30. The first-order chi connectivity index (χ1) is 9.79. The standard InChI is InChI=1S/C13H15N5O2/c1-20-13(19)12(9-3-2-5-14-7-9)18-6-4-10-11(8-18)16-17-15-10/h2-3,5,7,12H,4,6,8H2,1H3,(H,15,16,17). The normalized spacial score (nSPS) is 16.4. The van der Waals surface area contributed by atoms with Crippen molar-refractivity contribution in [3.05, 3.63) is 41.5 Å². The molecule has 104 valence electrons. The lowest BCUT2D eigenvalue weighted by atomic mass is 10.0. The molecule has 0 amide bonds. The number of fused-ring (bicyclic) bond motifs is 1. The minimum absolute atomic E-state index is 0.287. The third-order valence-corrected chi connectivity index (χ3v) is 3.48. The van der Waals surface area contributed by atoms with Gasteiger partial charge in [0.05, 0.1) is 18.5 Å². The van der Waals surface area contributed by atoms with Crippen LogP contribution in [0.1, 0.15) is 23.0 Å². The second-order valence-corrected chi connectivity index (χ2v) is 4.65. The first-order valence-electron chi connectivity index (χ1n) is 6.40. The minimum atomic E-state index is -0.460. The molecule has 0 saturated heterocycles. The molecular formula is C13H15N5O2. The van der Waals surface area contributed by atoms with Gasteiger partial charge in [0.25, 0.3) is 0 Å². The number of hydrogen-bond donors (Lipinski definition) is 1. The summed E-state index contributed by atoms with van der Waals surface area (Å²) in [5.74, 6) is -0.287. The second kappa shape index (κ2) is 5.38. The lowest BCUT2D eigenvalue weighted by Crippen LogP contribution is -2.38. The molecule has 7 nitrogen and oxygen atoms in total. The van der Waals surface area contributed by atoms with Gasteiger partial charge in [-0.3, -0.25) is 9.88 Å². The third-order valence-electron chi connectivity index (χ3n) is 3.48. The number of hydrogen-bond acceptors (Lipinski definition) is 6. The van der Waals surface area contributed by atoms with Crippen molar-refractivity contribution in [2.45, 2.75) is 19.0 Å². The molecule has 1 atom stereocenters. The molecule has 3 rings (SSSR count). The molecule has 0 radical (unpaired) electrons. The Morgan fingerprint density at radius 3 is 3.05 bits per heavy atom. The molecule has 0 saturated carbocycles. The quantitative estimate of drug-likeness (QED) is 0.818. The van der Waals surface area contributed by atoms with Gasteiger partial charge in [-0.25, -0.2) is 4.79 Å². The molecule has 0 spiro atoms. The van der Waals surface area contributed by atoms with Crippen LogP contribution in [0, 0.1) is 0 Å². The smallest absolute Gasteiger partial charge is 0.327 e. The second-order valence-electron chi connectivity index (χ2n) is 4.65. The van der Waals surface area contributed by atoms with E-state index in [9.17, 15) is 4.79 Å². The van der Waals surface area contributed by atoms with Gasteiger partial charge in [-0.15, -0.1) is 0 Å². The highest BCUT2D eigenvalue weighted by atomic mass is 16.5. The minimum Gasteiger partial charge on any atom is -0.468 e. The summed E-state index contributed by atoms with van der Waals surface area (Å²) in [4.78, 5) is 18.2. The van der Waals surface area contributed by atoms with Crippen molar-refractivity contribution in [3.63, 3.8) is 0 Å². The zero-order valence-electron chi connectivity index (χ0n) is 11.1. The molecule has 1 aliphatic heterocycles. The van der Waals surface area contributed by atoms with Gasteiger partial charge in [-0.2, -0.15) is 15.4 Å². The predicted octanol–water partition coefficient (Wildman–Crippen LogP) is 0.472. The number of nitrogens with zero attached hydrogens (tertiary/aromatic N) is 4. The van der Waals surface area contributed by atoms with Crippen molar-refractivity contribution >= 4 is 5.97 Å². The van der Waals surface area contributed by atoms with Crippen LogP contribution in [-0.2, 0) is 22.5 Å². The fraction of sp³-hybridized carbons (Fsp3) is 0.385. The van der Waals surface area contributed by atoms with E-state index in [2.05, 4.69) is 20.4 Å². The highest BCUT2D eigenvalue weighted by molar-refractivity contribution is 5.77. The molecule has 2 aromatic rings. The Hall–Kier alpha value is -2.28. The molecule has 7 heteroatoms. The van der Waals surface area contributed by atoms with Gasteiger partial charge in [0.2, 0.25) is 0 Å². The van der Waals surface area contributed by atoms with Crippen molar-refractivity contribution in [3.8, 4) is 0 Å². The van der Waals surface area contributed by atoms with Gasteiger partial charge in [0.1, 0.15) is 6.04 Å². The van der Waals surface area contributed by atoms with Crippen LogP contribution in [-0.4, -0.2) is 44.9 Å². The molecule has 1 aliphatic rings. The van der Waals surface area contributed by atoms with Gasteiger partial charge in [0, 0.05) is 31.9 Å². The molecule has 0 aliphatic carbocycles. The lowest BCUT2D eigenvalue weighted by Gasteiger charge is -2.31. The van der Waals surface area contributed by atoms with Crippen molar-refractivity contribution < 1.29 is 9.53 Å². The molecule has 2 aromatic heterocycles. The lowest BCUT2D eigenvalue weighted by molar-refractivity contribution is -0.147. The SMILES string of the molecule is COC(=O)C(c1cccnc1)N1CCc2n[nH]nc2C1. The van der Waals surface area contributed by atoms with Gasteiger partial charge in [-0.05, 0) is 11.6 Å². The third kappa shape index (κ3) is 2.27. The van der Waals surface area contributed by atoms with Crippen molar-refractivity contribution in [1.82, 2.24) is 25.3 Å². The van der Waals surface area contributed by atoms with Gasteiger partial charge < -0.3 is 4.74 Å². The summed E-state index contributed by atoms with van der Waals surface area (Å²) in [6, 6.07) is 3.24. The fourth-order valence-electron chi connectivity index (χ4n) is 2.49. The zero-order valence-corrected chi connectivity index (χ0v) is 11.1. The first kappa shape index (κ1) is 12.7. The number of aromatic amines is 1. The summed E-state index contributed by atoms with van der Waals surface area (Å²) < 4.78 is 4.94. The Morgan fingerprint density at radius 2 is 2.30 bits per heavy atom. The Labute approximate surface area is 116 Å². The number of ether oxygens (including phenoxy) is 1. The monoisotopic (exact) mass is 273 g/mol. The summed E-state index contributed by atoms with van der Waals surface area (Å²) in [6.07, 6.45) is 4.14. The average Bonchev–Trinajstić information content (AvgIpc) is 2.96. The van der Waals surface area contributed by atoms with Gasteiger partial charge in [-0.1, -0.05) is 6.07 Å². The summed E-state index contributed by atoms with van der Waals surface area (Å²) in [5, 5.41) is 10.8. The number of carbonyl (C=O) groups excluding carboxylic acids is 1. The van der Waals surface area contributed by atoms with Crippen LogP contribution in [0.25, 0.3) is 0 Å². The van der Waals surface area contributed by atoms with Crippen LogP contribution in [0.4, 0.5) is 0 Å². The van der Waals surface area contributed by atoms with Crippen LogP contribution < -0.4 is 0 Å². The topological polar surface area (TPSA) is 84.0 Å². The van der Waals surface area contributed by atoms with E-state index in [-0.39, 0.29) is 5.97 Å². The molecule has 0 fully saturated rings. The number of esters is 1. The number of pyridine rings is 1.